The topological polar surface area (TPSA) is 67.8 Å². The van der Waals surface area contributed by atoms with E-state index in [0.29, 0.717) is 0 Å². The lowest BCUT2D eigenvalue weighted by Gasteiger charge is -2.05. The van der Waals surface area contributed by atoms with Crippen molar-refractivity contribution in [3.63, 3.8) is 0 Å². The summed E-state index contributed by atoms with van der Waals surface area (Å²) in [5.41, 5.74) is 4.70. The summed E-state index contributed by atoms with van der Waals surface area (Å²) in [6.07, 6.45) is 4.53. The van der Waals surface area contributed by atoms with E-state index in [2.05, 4.69) is 26.3 Å². The van der Waals surface area contributed by atoms with Crippen LogP contribution in [-0.2, 0) is 17.6 Å². The Hall–Kier alpha value is -3.42. The maximum Gasteiger partial charge on any atom is 0.230 e. The molecule has 31 heavy (non-hydrogen) atoms. The van der Waals surface area contributed by atoms with Crippen LogP contribution in [0.2, 0.25) is 0 Å². The summed E-state index contributed by atoms with van der Waals surface area (Å²) in [5, 5.41) is 6.83. The highest BCUT2D eigenvalue weighted by atomic mass is 32.1. The van der Waals surface area contributed by atoms with Gasteiger partial charge in [0.2, 0.25) is 5.91 Å². The Kier molecular flexibility index (Phi) is 5.52. The number of amides is 1. The Balaban J connectivity index is 1.19. The van der Waals surface area contributed by atoms with E-state index in [1.54, 1.807) is 23.7 Å². The normalized spacial score (nSPS) is 11.0. The van der Waals surface area contributed by atoms with Crippen molar-refractivity contribution in [1.29, 1.82) is 0 Å². The molecule has 1 amide bonds. The molecule has 0 aliphatic heterocycles. The molecule has 0 unspecified atom stereocenters. The Bertz CT molecular complexity index is 1290. The average molecular weight is 443 g/mol. The molecule has 152 valence electrons. The first-order chi connectivity index (χ1) is 15.2. The number of hydrogen-bond acceptors (Lipinski definition) is 6. The minimum atomic E-state index is -0.0815. The second kappa shape index (κ2) is 8.75. The van der Waals surface area contributed by atoms with Crippen LogP contribution < -0.4 is 5.32 Å². The molecule has 7 heteroatoms. The third-order valence-corrected chi connectivity index (χ3v) is 6.71. The van der Waals surface area contributed by atoms with Crippen LogP contribution in [0.25, 0.3) is 20.8 Å². The van der Waals surface area contributed by atoms with Gasteiger partial charge in [0.05, 0.1) is 27.3 Å². The number of para-hydroxylation sites is 1. The highest BCUT2D eigenvalue weighted by Gasteiger charge is 2.10. The molecule has 0 aliphatic carbocycles. The van der Waals surface area contributed by atoms with Gasteiger partial charge >= 0.3 is 0 Å². The van der Waals surface area contributed by atoms with Crippen molar-refractivity contribution in [2.24, 2.45) is 0 Å². The fourth-order valence-corrected chi connectivity index (χ4v) is 5.07. The van der Waals surface area contributed by atoms with E-state index in [1.807, 2.05) is 60.0 Å². The monoisotopic (exact) mass is 442 g/mol. The molecule has 3 heterocycles. The minimum Gasteiger partial charge on any atom is -0.326 e. The fourth-order valence-electron chi connectivity index (χ4n) is 3.26. The van der Waals surface area contributed by atoms with Crippen molar-refractivity contribution >= 4 is 44.5 Å². The molecule has 1 N–H and O–H groups in total. The van der Waals surface area contributed by atoms with Crippen molar-refractivity contribution < 1.29 is 4.79 Å². The number of rotatable bonds is 6. The third-order valence-electron chi connectivity index (χ3n) is 4.73. The lowest BCUT2D eigenvalue weighted by molar-refractivity contribution is -0.115. The lowest BCUT2D eigenvalue weighted by atomic mass is 10.1. The Labute approximate surface area is 187 Å². The number of hydrogen-bond donors (Lipinski definition) is 1. The van der Waals surface area contributed by atoms with E-state index < -0.39 is 0 Å². The number of thiazole rings is 2. The summed E-state index contributed by atoms with van der Waals surface area (Å²) in [6, 6.07) is 19.9. The van der Waals surface area contributed by atoms with E-state index in [4.69, 9.17) is 0 Å². The Morgan fingerprint density at radius 3 is 2.65 bits per heavy atom. The van der Waals surface area contributed by atoms with Crippen LogP contribution >= 0.6 is 22.7 Å². The molecule has 5 aromatic rings. The van der Waals surface area contributed by atoms with Gasteiger partial charge in [0.1, 0.15) is 5.01 Å². The smallest absolute Gasteiger partial charge is 0.230 e. The standard InChI is InChI=1S/C24H18N4OS2/c29-22(13-19-15-30-24(27-19)17-4-3-11-25-14-17)26-18-9-7-16(8-10-18)12-23-28-20-5-1-2-6-21(20)31-23/h1-11,14-15H,12-13H2,(H,26,29). The zero-order valence-corrected chi connectivity index (χ0v) is 18.1. The number of benzene rings is 2. The van der Waals surface area contributed by atoms with Gasteiger partial charge in [0, 0.05) is 35.4 Å². The second-order valence-corrected chi connectivity index (χ2v) is 9.03. The SMILES string of the molecule is O=C(Cc1csc(-c2cccnc2)n1)Nc1ccc(Cc2nc3ccccc3s2)cc1. The molecule has 0 bridgehead atoms. The molecule has 2 aromatic carbocycles. The first-order valence-corrected chi connectivity index (χ1v) is 11.5. The van der Waals surface area contributed by atoms with Crippen LogP contribution in [0.5, 0.6) is 0 Å². The number of pyridine rings is 1. The summed E-state index contributed by atoms with van der Waals surface area (Å²) in [7, 11) is 0. The van der Waals surface area contributed by atoms with Crippen LogP contribution in [0.1, 0.15) is 16.3 Å². The van der Waals surface area contributed by atoms with Crippen LogP contribution in [0.3, 0.4) is 0 Å². The third kappa shape index (κ3) is 4.68. The maximum atomic E-state index is 12.4. The van der Waals surface area contributed by atoms with Crippen molar-refractivity contribution in [3.8, 4) is 10.6 Å². The van der Waals surface area contributed by atoms with Gasteiger partial charge in [-0.25, -0.2) is 9.97 Å². The molecule has 5 nitrogen and oxygen atoms in total. The van der Waals surface area contributed by atoms with Gasteiger partial charge in [-0.3, -0.25) is 9.78 Å². The minimum absolute atomic E-state index is 0.0815. The van der Waals surface area contributed by atoms with E-state index >= 15 is 0 Å². The molecule has 0 atom stereocenters. The van der Waals surface area contributed by atoms with Gasteiger partial charge in [-0.1, -0.05) is 24.3 Å². The molecule has 0 radical (unpaired) electrons. The van der Waals surface area contributed by atoms with E-state index in [0.717, 1.165) is 44.5 Å². The number of fused-ring (bicyclic) bond motifs is 1. The number of carbonyl (C=O) groups is 1. The van der Waals surface area contributed by atoms with Gasteiger partial charge in [-0.15, -0.1) is 22.7 Å². The van der Waals surface area contributed by atoms with Crippen LogP contribution in [-0.4, -0.2) is 20.9 Å². The van der Waals surface area contributed by atoms with Crippen molar-refractivity contribution in [2.75, 3.05) is 5.32 Å². The van der Waals surface area contributed by atoms with E-state index in [-0.39, 0.29) is 12.3 Å². The molecule has 3 aromatic heterocycles. The molecular formula is C24H18N4OS2. The van der Waals surface area contributed by atoms with Gasteiger partial charge in [-0.2, -0.15) is 0 Å². The second-order valence-electron chi connectivity index (χ2n) is 7.06. The van der Waals surface area contributed by atoms with Crippen LogP contribution in [0, 0.1) is 0 Å². The summed E-state index contributed by atoms with van der Waals surface area (Å²) in [6.45, 7) is 0. The summed E-state index contributed by atoms with van der Waals surface area (Å²) in [4.78, 5) is 25.8. The van der Waals surface area contributed by atoms with Gasteiger partial charge < -0.3 is 5.32 Å². The molecule has 0 saturated carbocycles. The van der Waals surface area contributed by atoms with Crippen molar-refractivity contribution in [3.05, 3.63) is 94.7 Å². The lowest BCUT2D eigenvalue weighted by Crippen LogP contribution is -2.14. The zero-order valence-electron chi connectivity index (χ0n) is 16.5. The number of nitrogens with zero attached hydrogens (tertiary/aromatic N) is 3. The number of anilines is 1. The van der Waals surface area contributed by atoms with Crippen molar-refractivity contribution in [2.45, 2.75) is 12.8 Å². The molecular weight excluding hydrogens is 424 g/mol. The Morgan fingerprint density at radius 1 is 0.968 bits per heavy atom. The molecule has 5 rings (SSSR count). The highest BCUT2D eigenvalue weighted by molar-refractivity contribution is 7.18. The summed E-state index contributed by atoms with van der Waals surface area (Å²) in [5.74, 6) is -0.0815. The fraction of sp³-hybridized carbons (Fsp3) is 0.0833. The van der Waals surface area contributed by atoms with Gasteiger partial charge in [-0.05, 0) is 42.0 Å². The van der Waals surface area contributed by atoms with Crippen LogP contribution in [0.15, 0.2) is 78.4 Å². The first kappa shape index (κ1) is 19.5. The molecule has 0 aliphatic rings. The summed E-state index contributed by atoms with van der Waals surface area (Å²) >= 11 is 3.24. The van der Waals surface area contributed by atoms with Gasteiger partial charge in [0.15, 0.2) is 0 Å². The number of carbonyl (C=O) groups excluding carboxylic acids is 1. The number of aromatic nitrogens is 3. The molecule has 0 fully saturated rings. The maximum absolute atomic E-state index is 12.4. The number of nitrogens with one attached hydrogen (secondary N) is 1. The zero-order chi connectivity index (χ0) is 21.0. The predicted octanol–water partition coefficient (Wildman–Crippen LogP) is 5.59. The van der Waals surface area contributed by atoms with E-state index in [9.17, 15) is 4.79 Å². The summed E-state index contributed by atoms with van der Waals surface area (Å²) < 4.78 is 1.20. The largest absolute Gasteiger partial charge is 0.326 e. The first-order valence-electron chi connectivity index (χ1n) is 9.81. The van der Waals surface area contributed by atoms with E-state index in [1.165, 1.54) is 16.0 Å². The predicted molar refractivity (Wildman–Crippen MR) is 127 cm³/mol. The average Bonchev–Trinajstić information content (AvgIpc) is 3.42. The quantitative estimate of drug-likeness (QED) is 0.372. The van der Waals surface area contributed by atoms with Gasteiger partial charge in [0.25, 0.3) is 0 Å². The molecule has 0 saturated heterocycles. The van der Waals surface area contributed by atoms with Crippen LogP contribution in [0.4, 0.5) is 5.69 Å². The Morgan fingerprint density at radius 2 is 1.84 bits per heavy atom. The highest BCUT2D eigenvalue weighted by Crippen LogP contribution is 2.25. The molecule has 0 spiro atoms. The van der Waals surface area contributed by atoms with Crippen molar-refractivity contribution in [1.82, 2.24) is 15.0 Å².